The average molecular weight is 203 g/mol. The number of ether oxygens (including phenoxy) is 1. The molecule has 0 unspecified atom stereocenters. The molecule has 3 heteroatoms. The van der Waals surface area contributed by atoms with Crippen LogP contribution in [-0.4, -0.2) is 13.0 Å². The maximum atomic E-state index is 10.5. The normalized spacial score (nSPS) is 8.93. The van der Waals surface area contributed by atoms with E-state index in [1.807, 2.05) is 25.1 Å². The zero-order chi connectivity index (χ0) is 11.3. The Kier molecular flexibility index (Phi) is 3.75. The number of carbonyl (C=O) groups excluding carboxylic acids is 1. The third-order valence-corrected chi connectivity index (χ3v) is 1.78. The Morgan fingerprint density at radius 1 is 1.47 bits per heavy atom. The summed E-state index contributed by atoms with van der Waals surface area (Å²) in [5, 5.41) is 0. The van der Waals surface area contributed by atoms with Gasteiger partial charge in [0.15, 0.2) is 0 Å². The van der Waals surface area contributed by atoms with Crippen molar-refractivity contribution >= 4 is 5.91 Å². The summed E-state index contributed by atoms with van der Waals surface area (Å²) in [4.78, 5) is 10.5. The lowest BCUT2D eigenvalue weighted by Crippen LogP contribution is -2.08. The number of primary amides is 1. The van der Waals surface area contributed by atoms with Crippen LogP contribution in [-0.2, 0) is 4.79 Å². The highest BCUT2D eigenvalue weighted by Crippen LogP contribution is 2.15. The highest BCUT2D eigenvalue weighted by molar-refractivity contribution is 5.76. The molecule has 0 aliphatic heterocycles. The van der Waals surface area contributed by atoms with E-state index in [9.17, 15) is 4.79 Å². The number of hydrogen-bond donors (Lipinski definition) is 1. The molecule has 0 bridgehead atoms. The molecule has 0 spiro atoms. The maximum absolute atomic E-state index is 10.5. The molecular formula is C12H13NO2. The molecule has 0 radical (unpaired) electrons. The third-order valence-electron chi connectivity index (χ3n) is 1.78. The van der Waals surface area contributed by atoms with Gasteiger partial charge in [-0.3, -0.25) is 4.79 Å². The molecule has 3 nitrogen and oxygen atoms in total. The van der Waals surface area contributed by atoms with E-state index in [-0.39, 0.29) is 6.42 Å². The first-order valence-electron chi connectivity index (χ1n) is 4.54. The zero-order valence-electron chi connectivity index (χ0n) is 8.83. The molecule has 0 fully saturated rings. The fourth-order valence-corrected chi connectivity index (χ4v) is 1.17. The lowest BCUT2D eigenvalue weighted by molar-refractivity contribution is -0.117. The Hall–Kier alpha value is -1.95. The largest absolute Gasteiger partial charge is 0.497 e. The van der Waals surface area contributed by atoms with Gasteiger partial charge in [-0.1, -0.05) is 11.8 Å². The molecule has 2 N–H and O–H groups in total. The van der Waals surface area contributed by atoms with Gasteiger partial charge in [-0.2, -0.15) is 0 Å². The SMILES string of the molecule is COc1cc(C)cc(C#CCC(N)=O)c1. The summed E-state index contributed by atoms with van der Waals surface area (Å²) in [6, 6.07) is 5.66. The van der Waals surface area contributed by atoms with Gasteiger partial charge in [0.1, 0.15) is 5.75 Å². The summed E-state index contributed by atoms with van der Waals surface area (Å²) >= 11 is 0. The van der Waals surface area contributed by atoms with Crippen molar-refractivity contribution in [2.45, 2.75) is 13.3 Å². The molecular weight excluding hydrogens is 190 g/mol. The van der Waals surface area contributed by atoms with Gasteiger partial charge in [-0.15, -0.1) is 0 Å². The Morgan fingerprint density at radius 2 is 2.20 bits per heavy atom. The minimum atomic E-state index is -0.415. The molecule has 1 aromatic rings. The van der Waals surface area contributed by atoms with E-state index in [1.165, 1.54) is 0 Å². The second kappa shape index (κ2) is 5.06. The van der Waals surface area contributed by atoms with Gasteiger partial charge in [0, 0.05) is 5.56 Å². The van der Waals surface area contributed by atoms with Crippen LogP contribution in [0.25, 0.3) is 0 Å². The van der Waals surface area contributed by atoms with Crippen LogP contribution in [0.4, 0.5) is 0 Å². The van der Waals surface area contributed by atoms with Gasteiger partial charge in [-0.05, 0) is 30.7 Å². The fourth-order valence-electron chi connectivity index (χ4n) is 1.17. The van der Waals surface area contributed by atoms with Crippen molar-refractivity contribution in [1.29, 1.82) is 0 Å². The van der Waals surface area contributed by atoms with Crippen molar-refractivity contribution < 1.29 is 9.53 Å². The summed E-state index contributed by atoms with van der Waals surface area (Å²) in [6.45, 7) is 1.96. The van der Waals surface area contributed by atoms with E-state index >= 15 is 0 Å². The minimum absolute atomic E-state index is 0.0796. The topological polar surface area (TPSA) is 52.3 Å². The van der Waals surface area contributed by atoms with E-state index in [0.717, 1.165) is 16.9 Å². The average Bonchev–Trinajstić information content (AvgIpc) is 2.16. The highest BCUT2D eigenvalue weighted by Gasteiger charge is 1.95. The molecule has 0 aliphatic rings. The van der Waals surface area contributed by atoms with E-state index in [4.69, 9.17) is 10.5 Å². The van der Waals surface area contributed by atoms with Crippen molar-refractivity contribution in [3.8, 4) is 17.6 Å². The second-order valence-corrected chi connectivity index (χ2v) is 3.18. The molecule has 1 aromatic carbocycles. The molecule has 15 heavy (non-hydrogen) atoms. The molecule has 0 saturated heterocycles. The van der Waals surface area contributed by atoms with Gasteiger partial charge < -0.3 is 10.5 Å². The van der Waals surface area contributed by atoms with Crippen LogP contribution in [0.2, 0.25) is 0 Å². The first-order valence-corrected chi connectivity index (χ1v) is 4.54. The summed E-state index contributed by atoms with van der Waals surface area (Å²) in [5.41, 5.74) is 6.87. The van der Waals surface area contributed by atoms with Gasteiger partial charge in [0.2, 0.25) is 5.91 Å². The number of hydrogen-bond acceptors (Lipinski definition) is 2. The molecule has 0 heterocycles. The van der Waals surface area contributed by atoms with Crippen LogP contribution in [0, 0.1) is 18.8 Å². The molecule has 78 valence electrons. The van der Waals surface area contributed by atoms with Crippen molar-refractivity contribution in [3.63, 3.8) is 0 Å². The van der Waals surface area contributed by atoms with Crippen LogP contribution in [0.1, 0.15) is 17.5 Å². The van der Waals surface area contributed by atoms with E-state index < -0.39 is 5.91 Å². The molecule has 1 amide bonds. The smallest absolute Gasteiger partial charge is 0.229 e. The van der Waals surface area contributed by atoms with E-state index in [0.29, 0.717) is 0 Å². The minimum Gasteiger partial charge on any atom is -0.497 e. The molecule has 0 aromatic heterocycles. The quantitative estimate of drug-likeness (QED) is 0.735. The summed E-state index contributed by atoms with van der Waals surface area (Å²) in [6.07, 6.45) is 0.0796. The standard InChI is InChI=1S/C12H13NO2/c1-9-6-10(4-3-5-12(13)14)8-11(7-9)15-2/h6-8H,5H2,1-2H3,(H2,13,14). The Morgan fingerprint density at radius 3 is 2.80 bits per heavy atom. The Balaban J connectivity index is 2.88. The Labute approximate surface area is 89.2 Å². The fraction of sp³-hybridized carbons (Fsp3) is 0.250. The predicted octanol–water partition coefficient (Wildman–Crippen LogP) is 1.23. The molecule has 0 aliphatic carbocycles. The predicted molar refractivity (Wildman–Crippen MR) is 58.4 cm³/mol. The number of methoxy groups -OCH3 is 1. The molecule has 0 saturated carbocycles. The monoisotopic (exact) mass is 203 g/mol. The van der Waals surface area contributed by atoms with E-state index in [1.54, 1.807) is 7.11 Å². The van der Waals surface area contributed by atoms with Gasteiger partial charge >= 0.3 is 0 Å². The van der Waals surface area contributed by atoms with Crippen molar-refractivity contribution in [2.75, 3.05) is 7.11 Å². The molecule has 0 atom stereocenters. The third kappa shape index (κ3) is 3.74. The van der Waals surface area contributed by atoms with Crippen LogP contribution in [0.15, 0.2) is 18.2 Å². The number of nitrogens with two attached hydrogens (primary N) is 1. The molecule has 1 rings (SSSR count). The van der Waals surface area contributed by atoms with Gasteiger partial charge in [0.25, 0.3) is 0 Å². The maximum Gasteiger partial charge on any atom is 0.229 e. The number of amides is 1. The van der Waals surface area contributed by atoms with Crippen LogP contribution in [0.3, 0.4) is 0 Å². The van der Waals surface area contributed by atoms with Gasteiger partial charge in [-0.25, -0.2) is 0 Å². The van der Waals surface area contributed by atoms with E-state index in [2.05, 4.69) is 11.8 Å². The second-order valence-electron chi connectivity index (χ2n) is 3.18. The Bertz CT molecular complexity index is 427. The zero-order valence-corrected chi connectivity index (χ0v) is 8.83. The van der Waals surface area contributed by atoms with Gasteiger partial charge in [0.05, 0.1) is 13.5 Å². The number of aryl methyl sites for hydroxylation is 1. The lowest BCUT2D eigenvalue weighted by atomic mass is 10.1. The number of carbonyl (C=O) groups is 1. The van der Waals surface area contributed by atoms with Crippen molar-refractivity contribution in [1.82, 2.24) is 0 Å². The van der Waals surface area contributed by atoms with Crippen molar-refractivity contribution in [3.05, 3.63) is 29.3 Å². The van der Waals surface area contributed by atoms with Crippen LogP contribution >= 0.6 is 0 Å². The first kappa shape index (κ1) is 11.1. The summed E-state index contributed by atoms with van der Waals surface area (Å²) < 4.78 is 5.10. The first-order chi connectivity index (χ1) is 7.11. The van der Waals surface area contributed by atoms with Crippen molar-refractivity contribution in [2.24, 2.45) is 5.73 Å². The summed E-state index contributed by atoms with van der Waals surface area (Å²) in [5.74, 6) is 5.91. The number of benzene rings is 1. The van der Waals surface area contributed by atoms with Crippen LogP contribution < -0.4 is 10.5 Å². The number of rotatable bonds is 2. The van der Waals surface area contributed by atoms with Crippen LogP contribution in [0.5, 0.6) is 5.75 Å². The summed E-state index contributed by atoms with van der Waals surface area (Å²) in [7, 11) is 1.61. The highest BCUT2D eigenvalue weighted by atomic mass is 16.5. The lowest BCUT2D eigenvalue weighted by Gasteiger charge is -2.01.